The third kappa shape index (κ3) is 2.28. The van der Waals surface area contributed by atoms with Crippen molar-refractivity contribution >= 4 is 16.9 Å². The molecule has 1 amide bonds. The third-order valence-electron chi connectivity index (χ3n) is 3.35. The van der Waals surface area contributed by atoms with E-state index in [-0.39, 0.29) is 11.9 Å². The van der Waals surface area contributed by atoms with Crippen LogP contribution in [0.15, 0.2) is 54.9 Å². The second-order valence-electron chi connectivity index (χ2n) is 4.71. The zero-order valence-corrected chi connectivity index (χ0v) is 11.1. The lowest BCUT2D eigenvalue weighted by atomic mass is 10.1. The number of nitrogens with one attached hydrogen (secondary N) is 2. The molecule has 0 saturated carbocycles. The van der Waals surface area contributed by atoms with Gasteiger partial charge in [0, 0.05) is 0 Å². The Morgan fingerprint density at radius 2 is 1.95 bits per heavy atom. The van der Waals surface area contributed by atoms with E-state index in [4.69, 9.17) is 0 Å². The Morgan fingerprint density at radius 3 is 2.75 bits per heavy atom. The summed E-state index contributed by atoms with van der Waals surface area (Å²) in [5, 5.41) is 3.01. The van der Waals surface area contributed by atoms with E-state index in [0.29, 0.717) is 5.56 Å². The molecule has 0 aliphatic carbocycles. The van der Waals surface area contributed by atoms with Crippen molar-refractivity contribution in [2.75, 3.05) is 0 Å². The number of H-pyrrole nitrogens is 1. The normalized spacial score (nSPS) is 12.2. The van der Waals surface area contributed by atoms with Gasteiger partial charge in [0.15, 0.2) is 0 Å². The maximum atomic E-state index is 12.4. The van der Waals surface area contributed by atoms with E-state index in [2.05, 4.69) is 15.3 Å². The summed E-state index contributed by atoms with van der Waals surface area (Å²) >= 11 is 0. The van der Waals surface area contributed by atoms with Crippen LogP contribution in [0.5, 0.6) is 0 Å². The molecule has 0 saturated heterocycles. The highest BCUT2D eigenvalue weighted by Crippen LogP contribution is 2.17. The summed E-state index contributed by atoms with van der Waals surface area (Å²) in [4.78, 5) is 19.6. The van der Waals surface area contributed by atoms with Crippen LogP contribution in [0.25, 0.3) is 11.0 Å². The Morgan fingerprint density at radius 1 is 1.15 bits per heavy atom. The number of rotatable bonds is 3. The fraction of sp³-hybridized carbons (Fsp3) is 0.125. The highest BCUT2D eigenvalue weighted by Gasteiger charge is 2.14. The van der Waals surface area contributed by atoms with Gasteiger partial charge in [0.1, 0.15) is 0 Å². The van der Waals surface area contributed by atoms with E-state index in [1.54, 1.807) is 12.4 Å². The molecular formula is C16H15N3O. The molecule has 0 fully saturated rings. The van der Waals surface area contributed by atoms with Crippen LogP contribution in [0, 0.1) is 0 Å². The van der Waals surface area contributed by atoms with E-state index in [1.165, 1.54) is 0 Å². The van der Waals surface area contributed by atoms with Gasteiger partial charge in [-0.3, -0.25) is 4.79 Å². The number of imidazole rings is 1. The molecule has 2 aromatic carbocycles. The fourth-order valence-corrected chi connectivity index (χ4v) is 2.25. The van der Waals surface area contributed by atoms with Gasteiger partial charge in [-0.15, -0.1) is 0 Å². The molecule has 4 nitrogen and oxygen atoms in total. The first-order chi connectivity index (χ1) is 9.75. The van der Waals surface area contributed by atoms with Gasteiger partial charge in [-0.05, 0) is 24.6 Å². The highest BCUT2D eigenvalue weighted by atomic mass is 16.1. The molecule has 4 heteroatoms. The number of amides is 1. The molecule has 20 heavy (non-hydrogen) atoms. The van der Waals surface area contributed by atoms with Crippen molar-refractivity contribution in [2.24, 2.45) is 0 Å². The standard InChI is InChI=1S/C16H15N3O/c1-11(12-6-3-2-4-7-12)19-16(20)13-8-5-9-14-15(13)18-10-17-14/h2-11H,1H3,(H,17,18)(H,19,20). The smallest absolute Gasteiger partial charge is 0.253 e. The summed E-state index contributed by atoms with van der Waals surface area (Å²) in [6, 6.07) is 15.4. The topological polar surface area (TPSA) is 57.8 Å². The van der Waals surface area contributed by atoms with Crippen LogP contribution < -0.4 is 5.32 Å². The summed E-state index contributed by atoms with van der Waals surface area (Å²) in [6.45, 7) is 1.97. The quantitative estimate of drug-likeness (QED) is 0.764. The molecule has 3 aromatic rings. The number of carbonyl (C=O) groups is 1. The van der Waals surface area contributed by atoms with E-state index >= 15 is 0 Å². The monoisotopic (exact) mass is 265 g/mol. The molecule has 2 N–H and O–H groups in total. The summed E-state index contributed by atoms with van der Waals surface area (Å²) in [5.74, 6) is -0.101. The second kappa shape index (κ2) is 5.17. The van der Waals surface area contributed by atoms with Crippen LogP contribution in [-0.4, -0.2) is 15.9 Å². The number of nitrogens with zero attached hydrogens (tertiary/aromatic N) is 1. The number of benzene rings is 2. The van der Waals surface area contributed by atoms with E-state index in [0.717, 1.165) is 16.6 Å². The molecule has 0 radical (unpaired) electrons. The number of aromatic amines is 1. The molecule has 0 bridgehead atoms. The average molecular weight is 265 g/mol. The van der Waals surface area contributed by atoms with Gasteiger partial charge >= 0.3 is 0 Å². The minimum atomic E-state index is -0.101. The summed E-state index contributed by atoms with van der Waals surface area (Å²) in [7, 11) is 0. The Hall–Kier alpha value is -2.62. The summed E-state index contributed by atoms with van der Waals surface area (Å²) < 4.78 is 0. The molecule has 0 aliphatic heterocycles. The minimum Gasteiger partial charge on any atom is -0.345 e. The van der Waals surface area contributed by atoms with Crippen molar-refractivity contribution in [3.63, 3.8) is 0 Å². The predicted octanol–water partition coefficient (Wildman–Crippen LogP) is 3.05. The van der Waals surface area contributed by atoms with Gasteiger partial charge in [0.2, 0.25) is 0 Å². The fourth-order valence-electron chi connectivity index (χ4n) is 2.25. The lowest BCUT2D eigenvalue weighted by Crippen LogP contribution is -2.26. The van der Waals surface area contributed by atoms with Crippen molar-refractivity contribution in [3.8, 4) is 0 Å². The lowest BCUT2D eigenvalue weighted by molar-refractivity contribution is 0.0941. The van der Waals surface area contributed by atoms with Gasteiger partial charge in [0.05, 0.1) is 29.0 Å². The lowest BCUT2D eigenvalue weighted by Gasteiger charge is -2.14. The number of para-hydroxylation sites is 1. The van der Waals surface area contributed by atoms with Crippen LogP contribution in [0.2, 0.25) is 0 Å². The number of hydrogen-bond acceptors (Lipinski definition) is 2. The zero-order chi connectivity index (χ0) is 13.9. The third-order valence-corrected chi connectivity index (χ3v) is 3.35. The molecule has 1 unspecified atom stereocenters. The van der Waals surface area contributed by atoms with Gasteiger partial charge < -0.3 is 10.3 Å². The van der Waals surface area contributed by atoms with Crippen molar-refractivity contribution in [1.29, 1.82) is 0 Å². The van der Waals surface area contributed by atoms with Gasteiger partial charge in [-0.1, -0.05) is 36.4 Å². The second-order valence-corrected chi connectivity index (χ2v) is 4.71. The first kappa shape index (κ1) is 12.4. The van der Waals surface area contributed by atoms with E-state index < -0.39 is 0 Å². The van der Waals surface area contributed by atoms with Crippen molar-refractivity contribution in [1.82, 2.24) is 15.3 Å². The Bertz CT molecular complexity index is 734. The first-order valence-electron chi connectivity index (χ1n) is 6.53. The molecule has 100 valence electrons. The Labute approximate surface area is 116 Å². The molecule has 1 heterocycles. The van der Waals surface area contributed by atoms with Crippen LogP contribution in [0.1, 0.15) is 28.9 Å². The molecule has 0 aliphatic rings. The number of fused-ring (bicyclic) bond motifs is 1. The van der Waals surface area contributed by atoms with Gasteiger partial charge in [-0.2, -0.15) is 0 Å². The minimum absolute atomic E-state index is 0.0399. The maximum absolute atomic E-state index is 12.4. The predicted molar refractivity (Wildman–Crippen MR) is 78.4 cm³/mol. The van der Waals surface area contributed by atoms with E-state index in [1.807, 2.05) is 49.4 Å². The number of carbonyl (C=O) groups excluding carboxylic acids is 1. The highest BCUT2D eigenvalue weighted by molar-refractivity contribution is 6.04. The van der Waals surface area contributed by atoms with Crippen LogP contribution in [0.4, 0.5) is 0 Å². The number of hydrogen-bond donors (Lipinski definition) is 2. The maximum Gasteiger partial charge on any atom is 0.253 e. The van der Waals surface area contributed by atoms with Gasteiger partial charge in [-0.25, -0.2) is 4.98 Å². The van der Waals surface area contributed by atoms with E-state index in [9.17, 15) is 4.79 Å². The zero-order valence-electron chi connectivity index (χ0n) is 11.1. The number of aromatic nitrogens is 2. The van der Waals surface area contributed by atoms with Crippen molar-refractivity contribution in [3.05, 3.63) is 66.0 Å². The molecule has 0 spiro atoms. The molecular weight excluding hydrogens is 250 g/mol. The summed E-state index contributed by atoms with van der Waals surface area (Å²) in [6.07, 6.45) is 1.60. The average Bonchev–Trinajstić information content (AvgIpc) is 2.96. The van der Waals surface area contributed by atoms with Crippen LogP contribution in [0.3, 0.4) is 0 Å². The first-order valence-corrected chi connectivity index (χ1v) is 6.53. The molecule has 1 aromatic heterocycles. The Kier molecular flexibility index (Phi) is 3.21. The Balaban J connectivity index is 1.85. The van der Waals surface area contributed by atoms with Crippen LogP contribution >= 0.6 is 0 Å². The molecule has 3 rings (SSSR count). The van der Waals surface area contributed by atoms with Crippen molar-refractivity contribution in [2.45, 2.75) is 13.0 Å². The largest absolute Gasteiger partial charge is 0.345 e. The SMILES string of the molecule is CC(NC(=O)c1cccc2nc[nH]c12)c1ccccc1. The summed E-state index contributed by atoms with van der Waals surface area (Å²) in [5.41, 5.74) is 3.26. The van der Waals surface area contributed by atoms with Gasteiger partial charge in [0.25, 0.3) is 5.91 Å². The van der Waals surface area contributed by atoms with Crippen molar-refractivity contribution < 1.29 is 4.79 Å². The van der Waals surface area contributed by atoms with Crippen LogP contribution in [-0.2, 0) is 0 Å². The molecule has 1 atom stereocenters.